The van der Waals surface area contributed by atoms with E-state index in [-0.39, 0.29) is 13.0 Å². The van der Waals surface area contributed by atoms with Crippen molar-refractivity contribution in [1.29, 1.82) is 0 Å². The molecule has 6 heteroatoms. The highest BCUT2D eigenvalue weighted by molar-refractivity contribution is 5.39. The first-order valence-corrected chi connectivity index (χ1v) is 8.11. The number of halogens is 3. The molecule has 0 aliphatic carbocycles. The Bertz CT molecular complexity index is 730. The van der Waals surface area contributed by atoms with E-state index in [1.54, 1.807) is 24.3 Å². The lowest BCUT2D eigenvalue weighted by Gasteiger charge is -2.28. The van der Waals surface area contributed by atoms with Crippen molar-refractivity contribution in [2.45, 2.75) is 25.1 Å². The molecule has 134 valence electrons. The van der Waals surface area contributed by atoms with Crippen LogP contribution in [-0.2, 0) is 5.54 Å². The maximum atomic E-state index is 13.0. The van der Waals surface area contributed by atoms with Crippen LogP contribution in [0.5, 0.6) is 11.5 Å². The fourth-order valence-corrected chi connectivity index (χ4v) is 3.19. The summed E-state index contributed by atoms with van der Waals surface area (Å²) >= 11 is 0. The second kappa shape index (κ2) is 6.69. The van der Waals surface area contributed by atoms with Crippen LogP contribution in [0.4, 0.5) is 13.2 Å². The first-order chi connectivity index (χ1) is 11.8. The van der Waals surface area contributed by atoms with Crippen molar-refractivity contribution in [3.05, 3.63) is 59.7 Å². The van der Waals surface area contributed by atoms with Crippen LogP contribution < -0.4 is 10.1 Å². The number of aryl methyl sites for hydroxylation is 1. The van der Waals surface area contributed by atoms with Crippen molar-refractivity contribution in [3.8, 4) is 11.5 Å². The van der Waals surface area contributed by atoms with Gasteiger partial charge in [0.15, 0.2) is 0 Å². The molecule has 3 nitrogen and oxygen atoms in total. The van der Waals surface area contributed by atoms with E-state index in [2.05, 4.69) is 5.32 Å². The molecule has 3 rings (SSSR count). The van der Waals surface area contributed by atoms with Crippen molar-refractivity contribution in [3.63, 3.8) is 0 Å². The van der Waals surface area contributed by atoms with Crippen LogP contribution in [0.1, 0.15) is 17.5 Å². The van der Waals surface area contributed by atoms with Gasteiger partial charge in [-0.3, -0.25) is 0 Å². The summed E-state index contributed by atoms with van der Waals surface area (Å²) in [6.45, 7) is 1.35. The highest BCUT2D eigenvalue weighted by Crippen LogP contribution is 2.41. The van der Waals surface area contributed by atoms with Crippen LogP contribution in [0.2, 0.25) is 0 Å². The minimum atomic E-state index is -4.27. The van der Waals surface area contributed by atoms with Crippen LogP contribution in [0.3, 0.4) is 0 Å². The van der Waals surface area contributed by atoms with Gasteiger partial charge in [0, 0.05) is 6.54 Å². The standard InChI is InChI=1S/C19H20F3NO2/c1-13-4-2-3-5-17(13)25-16-8-6-14(7-9-16)18(12-24)10-15(11-23-18)19(20,21)22/h2-9,15,23-24H,10-12H2,1H3/t15-,18+/m0/s1. The van der Waals surface area contributed by atoms with Gasteiger partial charge in [-0.15, -0.1) is 0 Å². The van der Waals surface area contributed by atoms with E-state index in [0.29, 0.717) is 11.3 Å². The third-order valence-electron chi connectivity index (χ3n) is 4.74. The number of hydrogen-bond acceptors (Lipinski definition) is 3. The second-order valence-corrected chi connectivity index (χ2v) is 6.46. The largest absolute Gasteiger partial charge is 0.457 e. The van der Waals surface area contributed by atoms with E-state index in [9.17, 15) is 18.3 Å². The summed E-state index contributed by atoms with van der Waals surface area (Å²) in [5.74, 6) is -0.137. The molecule has 1 saturated heterocycles. The van der Waals surface area contributed by atoms with E-state index in [0.717, 1.165) is 11.3 Å². The number of aliphatic hydroxyl groups excluding tert-OH is 1. The Kier molecular flexibility index (Phi) is 4.75. The molecule has 2 atom stereocenters. The van der Waals surface area contributed by atoms with Gasteiger partial charge in [0.1, 0.15) is 11.5 Å². The van der Waals surface area contributed by atoms with Gasteiger partial charge in [0.2, 0.25) is 0 Å². The normalized spacial score (nSPS) is 23.6. The van der Waals surface area contributed by atoms with Crippen LogP contribution in [0, 0.1) is 12.8 Å². The number of hydrogen-bond donors (Lipinski definition) is 2. The fraction of sp³-hybridized carbons (Fsp3) is 0.368. The van der Waals surface area contributed by atoms with Crippen LogP contribution in [0.25, 0.3) is 0 Å². The number of para-hydroxylation sites is 1. The van der Waals surface area contributed by atoms with E-state index < -0.39 is 24.2 Å². The van der Waals surface area contributed by atoms with Crippen molar-refractivity contribution < 1.29 is 23.0 Å². The second-order valence-electron chi connectivity index (χ2n) is 6.46. The Labute approximate surface area is 144 Å². The topological polar surface area (TPSA) is 41.5 Å². The highest BCUT2D eigenvalue weighted by Gasteiger charge is 2.50. The molecule has 0 aromatic heterocycles. The van der Waals surface area contributed by atoms with Gasteiger partial charge in [-0.1, -0.05) is 30.3 Å². The molecule has 0 radical (unpaired) electrons. The average Bonchev–Trinajstić information content (AvgIpc) is 3.04. The molecule has 0 bridgehead atoms. The summed E-state index contributed by atoms with van der Waals surface area (Å²) in [5.41, 5.74) is 0.546. The van der Waals surface area contributed by atoms with E-state index in [4.69, 9.17) is 4.74 Å². The quantitative estimate of drug-likeness (QED) is 0.870. The molecule has 1 heterocycles. The molecule has 2 aromatic rings. The first kappa shape index (κ1) is 17.8. The Morgan fingerprint density at radius 1 is 1.16 bits per heavy atom. The number of alkyl halides is 3. The van der Waals surface area contributed by atoms with Crippen molar-refractivity contribution in [2.24, 2.45) is 5.92 Å². The third kappa shape index (κ3) is 3.65. The number of benzene rings is 2. The molecule has 1 aliphatic rings. The van der Waals surface area contributed by atoms with Gasteiger partial charge < -0.3 is 15.2 Å². The average molecular weight is 351 g/mol. The van der Waals surface area contributed by atoms with Crippen molar-refractivity contribution >= 4 is 0 Å². The molecule has 2 aromatic carbocycles. The van der Waals surface area contributed by atoms with E-state index in [1.807, 2.05) is 31.2 Å². The van der Waals surface area contributed by atoms with Crippen molar-refractivity contribution in [2.75, 3.05) is 13.2 Å². The lowest BCUT2D eigenvalue weighted by molar-refractivity contribution is -0.170. The number of rotatable bonds is 4. The van der Waals surface area contributed by atoms with E-state index >= 15 is 0 Å². The molecule has 1 aliphatic heterocycles. The lowest BCUT2D eigenvalue weighted by atomic mass is 9.86. The monoisotopic (exact) mass is 351 g/mol. The highest BCUT2D eigenvalue weighted by atomic mass is 19.4. The van der Waals surface area contributed by atoms with Crippen LogP contribution >= 0.6 is 0 Å². The fourth-order valence-electron chi connectivity index (χ4n) is 3.19. The smallest absolute Gasteiger partial charge is 0.393 e. The maximum absolute atomic E-state index is 13.0. The van der Waals surface area contributed by atoms with Gasteiger partial charge in [-0.2, -0.15) is 13.2 Å². The first-order valence-electron chi connectivity index (χ1n) is 8.11. The molecule has 2 N–H and O–H groups in total. The molecule has 0 unspecified atom stereocenters. The molecule has 1 fully saturated rings. The molecule has 0 spiro atoms. The zero-order valence-corrected chi connectivity index (χ0v) is 13.8. The molecule has 25 heavy (non-hydrogen) atoms. The van der Waals surface area contributed by atoms with E-state index in [1.165, 1.54) is 0 Å². The number of nitrogens with one attached hydrogen (secondary N) is 1. The predicted molar refractivity (Wildman–Crippen MR) is 88.6 cm³/mol. The zero-order chi connectivity index (χ0) is 18.1. The van der Waals surface area contributed by atoms with Gasteiger partial charge in [-0.25, -0.2) is 0 Å². The number of ether oxygens (including phenoxy) is 1. The minimum Gasteiger partial charge on any atom is -0.457 e. The number of aliphatic hydroxyl groups is 1. The molecule has 0 amide bonds. The Hall–Kier alpha value is -2.05. The van der Waals surface area contributed by atoms with Crippen LogP contribution in [-0.4, -0.2) is 24.4 Å². The van der Waals surface area contributed by atoms with Gasteiger partial charge in [0.05, 0.1) is 18.1 Å². The summed E-state index contributed by atoms with van der Waals surface area (Å²) in [6.07, 6.45) is -4.44. The minimum absolute atomic E-state index is 0.176. The van der Waals surface area contributed by atoms with Gasteiger partial charge >= 0.3 is 6.18 Å². The SMILES string of the molecule is Cc1ccccc1Oc1ccc([C@]2(CO)C[C@H](C(F)(F)F)CN2)cc1. The summed E-state index contributed by atoms with van der Waals surface area (Å²) in [6, 6.07) is 14.4. The summed E-state index contributed by atoms with van der Waals surface area (Å²) < 4.78 is 44.7. The molecular weight excluding hydrogens is 331 g/mol. The lowest BCUT2D eigenvalue weighted by Crippen LogP contribution is -2.40. The van der Waals surface area contributed by atoms with Crippen LogP contribution in [0.15, 0.2) is 48.5 Å². The molecule has 0 saturated carbocycles. The zero-order valence-electron chi connectivity index (χ0n) is 13.8. The summed E-state index contributed by atoms with van der Waals surface area (Å²) in [5, 5.41) is 12.6. The molecular formula is C19H20F3NO2. The Morgan fingerprint density at radius 3 is 2.40 bits per heavy atom. The van der Waals surface area contributed by atoms with Gasteiger partial charge in [-0.05, 0) is 42.7 Å². The Morgan fingerprint density at radius 2 is 1.84 bits per heavy atom. The summed E-state index contributed by atoms with van der Waals surface area (Å²) in [7, 11) is 0. The van der Waals surface area contributed by atoms with Gasteiger partial charge in [0.25, 0.3) is 0 Å². The Balaban J connectivity index is 1.78. The predicted octanol–water partition coefficient (Wildman–Crippen LogP) is 4.15. The third-order valence-corrected chi connectivity index (χ3v) is 4.74. The summed E-state index contributed by atoms with van der Waals surface area (Å²) in [4.78, 5) is 0. The maximum Gasteiger partial charge on any atom is 0.393 e. The van der Waals surface area contributed by atoms with Crippen molar-refractivity contribution in [1.82, 2.24) is 5.32 Å².